The number of aliphatic hydroxyl groups excluding tert-OH is 1. The van der Waals surface area contributed by atoms with Crippen LogP contribution >= 0.6 is 11.3 Å². The Hall–Kier alpha value is -0.860. The second-order valence-electron chi connectivity index (χ2n) is 5.74. The summed E-state index contributed by atoms with van der Waals surface area (Å²) in [4.78, 5) is 6.21. The first kappa shape index (κ1) is 15.5. The van der Waals surface area contributed by atoms with Gasteiger partial charge in [-0.2, -0.15) is 0 Å². The summed E-state index contributed by atoms with van der Waals surface area (Å²) in [6.45, 7) is 5.76. The highest BCUT2D eigenvalue weighted by Gasteiger charge is 2.31. The zero-order chi connectivity index (χ0) is 14.5. The van der Waals surface area contributed by atoms with Crippen molar-refractivity contribution in [2.24, 2.45) is 5.92 Å². The van der Waals surface area contributed by atoms with Crippen LogP contribution < -0.4 is 0 Å². The zero-order valence-corrected chi connectivity index (χ0v) is 13.4. The van der Waals surface area contributed by atoms with Crippen molar-refractivity contribution < 1.29 is 5.11 Å². The number of aliphatic hydroxyl groups is 1. The van der Waals surface area contributed by atoms with Gasteiger partial charge in [0.15, 0.2) is 0 Å². The van der Waals surface area contributed by atoms with E-state index in [-0.39, 0.29) is 6.61 Å². The van der Waals surface area contributed by atoms with Crippen LogP contribution in [-0.4, -0.2) is 54.7 Å². The molecule has 110 valence electrons. The van der Waals surface area contributed by atoms with Gasteiger partial charge < -0.3 is 10.0 Å². The molecule has 1 N–H and O–H groups in total. The molecule has 0 saturated carbocycles. The second-order valence-corrected chi connectivity index (χ2v) is 6.74. The van der Waals surface area contributed by atoms with E-state index in [0.29, 0.717) is 18.4 Å². The molecule has 0 spiro atoms. The lowest BCUT2D eigenvalue weighted by Crippen LogP contribution is -2.34. The van der Waals surface area contributed by atoms with Gasteiger partial charge in [-0.05, 0) is 31.5 Å². The van der Waals surface area contributed by atoms with Crippen LogP contribution in [0, 0.1) is 17.8 Å². The van der Waals surface area contributed by atoms with Crippen molar-refractivity contribution in [3.05, 3.63) is 21.9 Å². The van der Waals surface area contributed by atoms with Crippen LogP contribution in [0.2, 0.25) is 0 Å². The van der Waals surface area contributed by atoms with Crippen molar-refractivity contribution in [2.75, 3.05) is 33.8 Å². The molecule has 1 aromatic rings. The van der Waals surface area contributed by atoms with Gasteiger partial charge in [0.25, 0.3) is 0 Å². The van der Waals surface area contributed by atoms with Crippen molar-refractivity contribution in [1.82, 2.24) is 9.80 Å². The molecule has 1 aliphatic heterocycles. The molecule has 0 bridgehead atoms. The van der Waals surface area contributed by atoms with Gasteiger partial charge >= 0.3 is 0 Å². The molecule has 1 saturated heterocycles. The molecule has 2 rings (SSSR count). The smallest absolute Gasteiger partial charge is 0.0540 e. The van der Waals surface area contributed by atoms with Crippen LogP contribution in [0.5, 0.6) is 0 Å². The lowest BCUT2D eigenvalue weighted by atomic mass is 10.1. The lowest BCUT2D eigenvalue weighted by molar-refractivity contribution is 0.250. The van der Waals surface area contributed by atoms with E-state index in [0.717, 1.165) is 25.2 Å². The average Bonchev–Trinajstić information content (AvgIpc) is 2.97. The standard InChI is InChI=1S/C16H24N2OS/c1-13-10-18(11-15(13)17(2)3)12-16-14(7-9-20-16)6-4-5-8-19/h7,9,13,15,19H,5,8,10-12H2,1-3H3. The van der Waals surface area contributed by atoms with Crippen molar-refractivity contribution in [2.45, 2.75) is 25.9 Å². The fourth-order valence-corrected chi connectivity index (χ4v) is 3.71. The first-order valence-electron chi connectivity index (χ1n) is 7.16. The zero-order valence-electron chi connectivity index (χ0n) is 12.6. The molecular weight excluding hydrogens is 268 g/mol. The highest BCUT2D eigenvalue weighted by molar-refractivity contribution is 7.10. The summed E-state index contributed by atoms with van der Waals surface area (Å²) in [6, 6.07) is 2.74. The van der Waals surface area contributed by atoms with Crippen LogP contribution in [-0.2, 0) is 6.54 Å². The van der Waals surface area contributed by atoms with Gasteiger partial charge in [0.05, 0.1) is 6.61 Å². The fourth-order valence-electron chi connectivity index (χ4n) is 2.84. The van der Waals surface area contributed by atoms with E-state index >= 15 is 0 Å². The van der Waals surface area contributed by atoms with Crippen molar-refractivity contribution in [3.63, 3.8) is 0 Å². The highest BCUT2D eigenvalue weighted by Crippen LogP contribution is 2.25. The molecule has 20 heavy (non-hydrogen) atoms. The third-order valence-corrected chi connectivity index (χ3v) is 4.79. The predicted octanol–water partition coefficient (Wildman–Crippen LogP) is 1.86. The summed E-state index contributed by atoms with van der Waals surface area (Å²) in [5.74, 6) is 6.91. The van der Waals surface area contributed by atoms with E-state index < -0.39 is 0 Å². The summed E-state index contributed by atoms with van der Waals surface area (Å²) in [6.07, 6.45) is 0.554. The van der Waals surface area contributed by atoms with Gasteiger partial charge in [0.2, 0.25) is 0 Å². The summed E-state index contributed by atoms with van der Waals surface area (Å²) < 4.78 is 0. The lowest BCUT2D eigenvalue weighted by Gasteiger charge is -2.22. The van der Waals surface area contributed by atoms with Crippen LogP contribution in [0.3, 0.4) is 0 Å². The minimum atomic E-state index is 0.140. The van der Waals surface area contributed by atoms with Crippen LogP contribution in [0.25, 0.3) is 0 Å². The van der Waals surface area contributed by atoms with Gasteiger partial charge in [-0.25, -0.2) is 0 Å². The van der Waals surface area contributed by atoms with Crippen LogP contribution in [0.1, 0.15) is 23.8 Å². The Bertz CT molecular complexity index is 486. The topological polar surface area (TPSA) is 26.7 Å². The Morgan fingerprint density at radius 1 is 1.45 bits per heavy atom. The Balaban J connectivity index is 1.98. The van der Waals surface area contributed by atoms with Crippen LogP contribution in [0.15, 0.2) is 11.4 Å². The number of likely N-dealkylation sites (tertiary alicyclic amines) is 1. The van der Waals surface area contributed by atoms with E-state index in [4.69, 9.17) is 5.11 Å². The maximum absolute atomic E-state index is 8.79. The molecule has 1 fully saturated rings. The molecule has 1 aliphatic rings. The summed E-state index contributed by atoms with van der Waals surface area (Å²) in [7, 11) is 4.34. The quantitative estimate of drug-likeness (QED) is 0.858. The van der Waals surface area contributed by atoms with Gasteiger partial charge in [-0.3, -0.25) is 4.90 Å². The van der Waals surface area contributed by atoms with E-state index in [1.165, 1.54) is 4.88 Å². The molecule has 3 nitrogen and oxygen atoms in total. The molecular formula is C16H24N2OS. The third kappa shape index (κ3) is 3.83. The first-order chi connectivity index (χ1) is 9.61. The molecule has 2 atom stereocenters. The number of thiophene rings is 1. The number of nitrogens with zero attached hydrogens (tertiary/aromatic N) is 2. The van der Waals surface area contributed by atoms with Gasteiger partial charge in [-0.1, -0.05) is 18.8 Å². The third-order valence-electron chi connectivity index (χ3n) is 3.88. The average molecular weight is 292 g/mol. The minimum Gasteiger partial charge on any atom is -0.395 e. The van der Waals surface area contributed by atoms with Gasteiger partial charge in [0.1, 0.15) is 0 Å². The first-order valence-corrected chi connectivity index (χ1v) is 8.04. The largest absolute Gasteiger partial charge is 0.395 e. The Kier molecular flexibility index (Phi) is 5.62. The Morgan fingerprint density at radius 2 is 2.25 bits per heavy atom. The summed E-state index contributed by atoms with van der Waals surface area (Å²) in [5.41, 5.74) is 1.13. The van der Waals surface area contributed by atoms with Gasteiger partial charge in [-0.15, -0.1) is 11.3 Å². The molecule has 1 aromatic heterocycles. The molecule has 2 unspecified atom stereocenters. The number of hydrogen-bond acceptors (Lipinski definition) is 4. The van der Waals surface area contributed by atoms with Crippen molar-refractivity contribution in [3.8, 4) is 11.8 Å². The van der Waals surface area contributed by atoms with Crippen molar-refractivity contribution >= 4 is 11.3 Å². The molecule has 0 aromatic carbocycles. The number of hydrogen-bond donors (Lipinski definition) is 1. The van der Waals surface area contributed by atoms with E-state index in [9.17, 15) is 0 Å². The maximum Gasteiger partial charge on any atom is 0.0540 e. The van der Waals surface area contributed by atoms with Gasteiger partial charge in [0, 0.05) is 42.5 Å². The Morgan fingerprint density at radius 3 is 2.90 bits per heavy atom. The van der Waals surface area contributed by atoms with E-state index in [1.54, 1.807) is 11.3 Å². The fraction of sp³-hybridized carbons (Fsp3) is 0.625. The van der Waals surface area contributed by atoms with E-state index in [2.05, 4.69) is 54.1 Å². The Labute approximate surface area is 126 Å². The van der Waals surface area contributed by atoms with Crippen LogP contribution in [0.4, 0.5) is 0 Å². The molecule has 0 aliphatic carbocycles. The SMILES string of the molecule is CC1CN(Cc2sccc2C#CCCO)CC1N(C)C. The second kappa shape index (κ2) is 7.24. The molecule has 4 heteroatoms. The predicted molar refractivity (Wildman–Crippen MR) is 84.8 cm³/mol. The highest BCUT2D eigenvalue weighted by atomic mass is 32.1. The normalized spacial score (nSPS) is 23.1. The maximum atomic E-state index is 8.79. The number of likely N-dealkylation sites (N-methyl/N-ethyl adjacent to an activating group) is 1. The van der Waals surface area contributed by atoms with Crippen molar-refractivity contribution in [1.29, 1.82) is 0 Å². The molecule has 0 radical (unpaired) electrons. The molecule has 2 heterocycles. The monoisotopic (exact) mass is 292 g/mol. The summed E-state index contributed by atoms with van der Waals surface area (Å²) >= 11 is 1.79. The minimum absolute atomic E-state index is 0.140. The summed E-state index contributed by atoms with van der Waals surface area (Å²) in [5, 5.41) is 10.9. The number of rotatable bonds is 4. The molecule has 0 amide bonds. The van der Waals surface area contributed by atoms with E-state index in [1.807, 2.05) is 0 Å².